The van der Waals surface area contributed by atoms with E-state index in [9.17, 15) is 14.4 Å². The van der Waals surface area contributed by atoms with Crippen LogP contribution in [-0.2, 0) is 36.0 Å². The molecule has 2 saturated heterocycles. The van der Waals surface area contributed by atoms with Gasteiger partial charge in [-0.1, -0.05) is 11.6 Å². The summed E-state index contributed by atoms with van der Waals surface area (Å²) in [6.07, 6.45) is 13.1. The Labute approximate surface area is 313 Å². The van der Waals surface area contributed by atoms with Crippen molar-refractivity contribution in [2.75, 3.05) is 49.1 Å². The van der Waals surface area contributed by atoms with Gasteiger partial charge in [0.05, 0.1) is 29.4 Å². The molecular weight excluding hydrogens is 696 g/mol. The lowest BCUT2D eigenvalue weighted by Gasteiger charge is -2.36. The Kier molecular flexibility index (Phi) is 9.56. The van der Waals surface area contributed by atoms with Crippen molar-refractivity contribution in [1.82, 2.24) is 39.3 Å². The molecule has 278 valence electrons. The van der Waals surface area contributed by atoms with E-state index in [4.69, 9.17) is 21.8 Å². The summed E-state index contributed by atoms with van der Waals surface area (Å²) in [5.41, 5.74) is 6.63. The van der Waals surface area contributed by atoms with Crippen LogP contribution in [0.3, 0.4) is 0 Å². The normalized spacial score (nSPS) is 18.2. The van der Waals surface area contributed by atoms with Crippen LogP contribution in [0, 0.1) is 5.92 Å². The van der Waals surface area contributed by atoms with Gasteiger partial charge in [-0.05, 0) is 62.1 Å². The van der Waals surface area contributed by atoms with E-state index in [1.807, 2.05) is 29.2 Å². The molecule has 0 bridgehead atoms. The molecule has 4 aromatic rings. The van der Waals surface area contributed by atoms with Crippen molar-refractivity contribution in [2.45, 2.75) is 70.9 Å². The zero-order chi connectivity index (χ0) is 36.8. The van der Waals surface area contributed by atoms with Gasteiger partial charge in [0.25, 0.3) is 0 Å². The number of anilines is 3. The minimum Gasteiger partial charge on any atom is -0.478 e. The lowest BCUT2D eigenvalue weighted by molar-refractivity contribution is -0.133. The lowest BCUT2D eigenvalue weighted by Crippen LogP contribution is -2.42. The summed E-state index contributed by atoms with van der Waals surface area (Å²) in [6.45, 7) is 6.50. The fourth-order valence-corrected chi connectivity index (χ4v) is 8.76. The maximum Gasteiger partial charge on any atom is 0.338 e. The molecule has 0 aliphatic carbocycles. The smallest absolute Gasteiger partial charge is 0.338 e. The number of halogens is 1. The first-order valence-electron chi connectivity index (χ1n) is 18.7. The van der Waals surface area contributed by atoms with E-state index in [-0.39, 0.29) is 23.4 Å². The topological polar surface area (TPSA) is 146 Å². The summed E-state index contributed by atoms with van der Waals surface area (Å²) in [5, 5.41) is 19.5. The maximum atomic E-state index is 13.5. The van der Waals surface area contributed by atoms with Gasteiger partial charge >= 0.3 is 5.97 Å². The van der Waals surface area contributed by atoms with Gasteiger partial charge in [0, 0.05) is 113 Å². The Balaban J connectivity index is 0.953. The third-order valence-electron chi connectivity index (χ3n) is 11.5. The van der Waals surface area contributed by atoms with Crippen LogP contribution in [0.1, 0.15) is 78.7 Å². The van der Waals surface area contributed by atoms with Crippen LogP contribution in [0.5, 0.6) is 0 Å². The van der Waals surface area contributed by atoms with Gasteiger partial charge in [0.1, 0.15) is 0 Å². The summed E-state index contributed by atoms with van der Waals surface area (Å²) in [4.78, 5) is 54.0. The molecule has 3 aromatic heterocycles. The third kappa shape index (κ3) is 6.96. The van der Waals surface area contributed by atoms with E-state index in [1.54, 1.807) is 11.6 Å². The standard InChI is InChI=1S/C38H45ClN10O4/c1-24(50)47-15-9-33-31(23-47)36(48-10-3-4-26-17-30(32(39)18-34(26)48)28-21-42-44(2)22-28)43-49(33)29-7-13-45(14-8-29)35(51)16-25-5-11-46(12-6-25)38-40-19-27(20-41-38)37(52)53/h17-22,25,29H,3-16,23H2,1-2H3,(H,52,53). The number of aromatic nitrogens is 6. The van der Waals surface area contributed by atoms with Crippen molar-refractivity contribution >= 4 is 46.8 Å². The number of likely N-dealkylation sites (tertiary alicyclic amines) is 1. The minimum atomic E-state index is -1.04. The summed E-state index contributed by atoms with van der Waals surface area (Å²) in [5.74, 6) is 0.960. The van der Waals surface area contributed by atoms with Crippen LogP contribution in [0.25, 0.3) is 11.1 Å². The van der Waals surface area contributed by atoms with Crippen molar-refractivity contribution in [3.05, 3.63) is 64.3 Å². The van der Waals surface area contributed by atoms with Gasteiger partial charge in [0.2, 0.25) is 17.8 Å². The van der Waals surface area contributed by atoms with Crippen LogP contribution < -0.4 is 9.80 Å². The number of carbonyl (C=O) groups is 3. The van der Waals surface area contributed by atoms with Crippen molar-refractivity contribution < 1.29 is 19.5 Å². The number of amides is 2. The average molecular weight is 741 g/mol. The Morgan fingerprint density at radius 1 is 0.925 bits per heavy atom. The number of aromatic carboxylic acids is 1. The van der Waals surface area contributed by atoms with Gasteiger partial charge < -0.3 is 24.7 Å². The first-order chi connectivity index (χ1) is 25.6. The van der Waals surface area contributed by atoms with Crippen LogP contribution in [0.15, 0.2) is 36.9 Å². The van der Waals surface area contributed by atoms with E-state index in [0.29, 0.717) is 49.5 Å². The number of hydrogen-bond donors (Lipinski definition) is 1. The third-order valence-corrected chi connectivity index (χ3v) is 11.8. The number of nitrogens with zero attached hydrogens (tertiary/aromatic N) is 10. The highest BCUT2D eigenvalue weighted by Gasteiger charge is 2.35. The summed E-state index contributed by atoms with van der Waals surface area (Å²) < 4.78 is 4.01. The second kappa shape index (κ2) is 14.4. The number of benzene rings is 1. The van der Waals surface area contributed by atoms with E-state index >= 15 is 0 Å². The predicted octanol–water partition coefficient (Wildman–Crippen LogP) is 4.88. The number of carboxylic acid groups (broad SMARTS) is 1. The second-order valence-corrected chi connectivity index (χ2v) is 15.2. The molecule has 2 fully saturated rings. The van der Waals surface area contributed by atoms with E-state index in [1.165, 1.54) is 23.7 Å². The number of aryl methyl sites for hydroxylation is 2. The van der Waals surface area contributed by atoms with Crippen LogP contribution in [0.2, 0.25) is 5.02 Å². The Hall–Kier alpha value is -4.98. The molecule has 4 aliphatic rings. The van der Waals surface area contributed by atoms with Gasteiger partial charge in [-0.15, -0.1) is 0 Å². The van der Waals surface area contributed by atoms with Crippen molar-refractivity contribution in [3.8, 4) is 11.1 Å². The zero-order valence-corrected chi connectivity index (χ0v) is 31.0. The van der Waals surface area contributed by atoms with Crippen molar-refractivity contribution in [2.24, 2.45) is 13.0 Å². The molecule has 8 rings (SSSR count). The Morgan fingerprint density at radius 2 is 1.68 bits per heavy atom. The Bertz CT molecular complexity index is 2030. The number of rotatable bonds is 7. The molecule has 1 aromatic carbocycles. The van der Waals surface area contributed by atoms with Crippen molar-refractivity contribution in [1.29, 1.82) is 0 Å². The highest BCUT2D eigenvalue weighted by molar-refractivity contribution is 6.33. The fourth-order valence-electron chi connectivity index (χ4n) is 8.49. The molecule has 0 unspecified atom stereocenters. The van der Waals surface area contributed by atoms with Crippen LogP contribution in [0.4, 0.5) is 17.5 Å². The maximum absolute atomic E-state index is 13.5. The number of carbonyl (C=O) groups excluding carboxylic acids is 2. The highest BCUT2D eigenvalue weighted by atomic mass is 35.5. The quantitative estimate of drug-likeness (QED) is 0.278. The molecule has 15 heteroatoms. The molecule has 53 heavy (non-hydrogen) atoms. The first-order valence-corrected chi connectivity index (χ1v) is 19.0. The average Bonchev–Trinajstić information content (AvgIpc) is 3.78. The second-order valence-electron chi connectivity index (χ2n) is 14.8. The SMILES string of the molecule is CC(=O)N1CCc2c(c(N3CCCc4cc(-c5cnn(C)c5)c(Cl)cc43)nn2C2CCN(C(=O)CC3CCN(c4ncc(C(=O)O)cn4)CC3)CC2)C1. The molecule has 0 saturated carbocycles. The number of hydrogen-bond acceptors (Lipinski definition) is 9. The zero-order valence-electron chi connectivity index (χ0n) is 30.2. The summed E-state index contributed by atoms with van der Waals surface area (Å²) in [6, 6.07) is 4.43. The molecule has 1 N–H and O–H groups in total. The van der Waals surface area contributed by atoms with Crippen LogP contribution >= 0.6 is 11.6 Å². The highest BCUT2D eigenvalue weighted by Crippen LogP contribution is 2.43. The van der Waals surface area contributed by atoms with E-state index in [2.05, 4.69) is 41.7 Å². The van der Waals surface area contributed by atoms with Gasteiger partial charge in [0.15, 0.2) is 5.82 Å². The van der Waals surface area contributed by atoms with Gasteiger partial charge in [-0.3, -0.25) is 19.0 Å². The summed E-state index contributed by atoms with van der Waals surface area (Å²) >= 11 is 6.94. The van der Waals surface area contributed by atoms with Crippen LogP contribution in [-0.4, -0.2) is 101 Å². The van der Waals surface area contributed by atoms with E-state index < -0.39 is 5.97 Å². The molecular formula is C38H45ClN10O4. The number of fused-ring (bicyclic) bond motifs is 2. The molecule has 14 nitrogen and oxygen atoms in total. The van der Waals surface area contributed by atoms with E-state index in [0.717, 1.165) is 92.8 Å². The molecule has 4 aliphatic heterocycles. The number of piperidine rings is 2. The van der Waals surface area contributed by atoms with Crippen molar-refractivity contribution in [3.63, 3.8) is 0 Å². The monoisotopic (exact) mass is 740 g/mol. The molecule has 2 amide bonds. The first kappa shape index (κ1) is 35.1. The molecule has 7 heterocycles. The summed E-state index contributed by atoms with van der Waals surface area (Å²) in [7, 11) is 1.90. The van der Waals surface area contributed by atoms with Gasteiger partial charge in [-0.25, -0.2) is 14.8 Å². The largest absolute Gasteiger partial charge is 0.478 e. The molecule has 0 spiro atoms. The fraction of sp³-hybridized carbons (Fsp3) is 0.500. The lowest BCUT2D eigenvalue weighted by atomic mass is 9.92. The molecule has 0 radical (unpaired) electrons. The number of carboxylic acids is 1. The van der Waals surface area contributed by atoms with Gasteiger partial charge in [-0.2, -0.15) is 10.2 Å². The minimum absolute atomic E-state index is 0.0674. The Morgan fingerprint density at radius 3 is 2.36 bits per heavy atom. The molecule has 0 atom stereocenters. The predicted molar refractivity (Wildman–Crippen MR) is 199 cm³/mol.